The van der Waals surface area contributed by atoms with Crippen LogP contribution in [0.1, 0.15) is 17.5 Å². The first-order valence-electron chi connectivity index (χ1n) is 7.34. The lowest BCUT2D eigenvalue weighted by molar-refractivity contribution is -0.137. The maximum atomic E-state index is 11.8. The van der Waals surface area contributed by atoms with Gasteiger partial charge in [-0.2, -0.15) is 0 Å². The third-order valence-electron chi connectivity index (χ3n) is 3.96. The number of rotatable bonds is 3. The van der Waals surface area contributed by atoms with Gasteiger partial charge in [-0.05, 0) is 24.0 Å². The van der Waals surface area contributed by atoms with Crippen molar-refractivity contribution in [3.8, 4) is 0 Å². The second kappa shape index (κ2) is 6.21. The number of aromatic nitrogens is 1. The Morgan fingerprint density at radius 2 is 2.00 bits per heavy atom. The van der Waals surface area contributed by atoms with E-state index in [1.165, 1.54) is 17.9 Å². The lowest BCUT2D eigenvalue weighted by Gasteiger charge is -2.33. The Labute approximate surface area is 132 Å². The van der Waals surface area contributed by atoms with Crippen LogP contribution in [0.25, 0.3) is 0 Å². The molecule has 1 aliphatic carbocycles. The summed E-state index contributed by atoms with van der Waals surface area (Å²) in [5.74, 6) is -1.51. The first kappa shape index (κ1) is 15.2. The number of benzene rings is 1. The molecule has 1 atom stereocenters. The van der Waals surface area contributed by atoms with E-state index in [0.717, 1.165) is 12.0 Å². The van der Waals surface area contributed by atoms with Gasteiger partial charge in [0.15, 0.2) is 5.82 Å². The fraction of sp³-hybridized carbons (Fsp3) is 0.312. The van der Waals surface area contributed by atoms with Crippen LogP contribution in [0.2, 0.25) is 0 Å². The van der Waals surface area contributed by atoms with E-state index in [9.17, 15) is 14.7 Å². The van der Waals surface area contributed by atoms with Crippen molar-refractivity contribution in [2.24, 2.45) is 0 Å². The maximum Gasteiger partial charge on any atom is 0.314 e. The molecule has 0 aliphatic heterocycles. The number of hydrogen-bond acceptors (Lipinski definition) is 5. The van der Waals surface area contributed by atoms with Gasteiger partial charge in [0.05, 0.1) is 5.60 Å². The van der Waals surface area contributed by atoms with Crippen LogP contribution in [-0.2, 0) is 22.4 Å². The lowest BCUT2D eigenvalue weighted by Crippen LogP contribution is -2.49. The van der Waals surface area contributed by atoms with Gasteiger partial charge in [-0.1, -0.05) is 29.4 Å². The lowest BCUT2D eigenvalue weighted by atomic mass is 9.80. The number of carbonyl (C=O) groups excluding carboxylic acids is 2. The highest BCUT2D eigenvalue weighted by atomic mass is 16.5. The fourth-order valence-electron chi connectivity index (χ4n) is 2.71. The van der Waals surface area contributed by atoms with Crippen LogP contribution >= 0.6 is 0 Å². The molecule has 0 spiro atoms. The van der Waals surface area contributed by atoms with Gasteiger partial charge in [-0.3, -0.25) is 14.9 Å². The third-order valence-corrected chi connectivity index (χ3v) is 3.96. The van der Waals surface area contributed by atoms with Crippen LogP contribution < -0.4 is 10.6 Å². The Morgan fingerprint density at radius 1 is 1.22 bits per heavy atom. The van der Waals surface area contributed by atoms with E-state index in [-0.39, 0.29) is 12.4 Å². The topological polar surface area (TPSA) is 104 Å². The van der Waals surface area contributed by atoms with Gasteiger partial charge in [0.1, 0.15) is 6.26 Å². The van der Waals surface area contributed by atoms with Crippen molar-refractivity contribution < 1.29 is 19.2 Å². The van der Waals surface area contributed by atoms with Crippen molar-refractivity contribution >= 4 is 17.6 Å². The minimum atomic E-state index is -1.04. The molecule has 1 heterocycles. The molecule has 7 nitrogen and oxygen atoms in total. The second-order valence-electron chi connectivity index (χ2n) is 5.69. The number of hydrogen-bond donors (Lipinski definition) is 3. The number of nitrogens with zero attached hydrogens (tertiary/aromatic N) is 1. The van der Waals surface area contributed by atoms with Gasteiger partial charge in [-0.25, -0.2) is 0 Å². The molecule has 1 aromatic heterocycles. The third kappa shape index (κ3) is 3.57. The van der Waals surface area contributed by atoms with Gasteiger partial charge >= 0.3 is 11.8 Å². The van der Waals surface area contributed by atoms with Gasteiger partial charge in [0.25, 0.3) is 0 Å². The quantitative estimate of drug-likeness (QED) is 0.721. The number of aliphatic hydroxyl groups is 1. The van der Waals surface area contributed by atoms with E-state index in [4.69, 9.17) is 0 Å². The average molecular weight is 315 g/mol. The van der Waals surface area contributed by atoms with Crippen LogP contribution in [0.15, 0.2) is 41.1 Å². The molecule has 7 heteroatoms. The normalized spacial score (nSPS) is 19.7. The molecule has 0 radical (unpaired) electrons. The van der Waals surface area contributed by atoms with E-state index in [1.54, 1.807) is 0 Å². The summed E-state index contributed by atoms with van der Waals surface area (Å²) in [4.78, 5) is 23.5. The standard InChI is InChI=1S/C16H17N3O4/c20-14(15(21)18-13-6-8-23-19-13)17-10-16(22)7-5-11-3-1-2-4-12(11)9-16/h1-4,6,8,22H,5,7,9-10H2,(H,17,20)(H,18,19,21)/t16-/m0/s1. The molecule has 1 aliphatic rings. The SMILES string of the molecule is O=C(NC[C@]1(O)CCc2ccccc2C1)C(=O)Nc1ccon1. The minimum absolute atomic E-state index is 0.0202. The average Bonchev–Trinajstić information content (AvgIpc) is 3.05. The molecular formula is C16H17N3O4. The number of fused-ring (bicyclic) bond motifs is 1. The van der Waals surface area contributed by atoms with Crippen molar-refractivity contribution in [2.45, 2.75) is 24.9 Å². The van der Waals surface area contributed by atoms with Crippen molar-refractivity contribution in [2.75, 3.05) is 11.9 Å². The Bertz CT molecular complexity index is 714. The zero-order valence-electron chi connectivity index (χ0n) is 12.4. The molecule has 23 heavy (non-hydrogen) atoms. The molecule has 2 aromatic rings. The summed E-state index contributed by atoms with van der Waals surface area (Å²) in [6, 6.07) is 9.34. The number of aryl methyl sites for hydroxylation is 1. The minimum Gasteiger partial charge on any atom is -0.388 e. The van der Waals surface area contributed by atoms with Crippen molar-refractivity contribution in [3.05, 3.63) is 47.7 Å². The Hall–Kier alpha value is -2.67. The van der Waals surface area contributed by atoms with E-state index in [2.05, 4.69) is 20.3 Å². The molecule has 3 rings (SSSR count). The highest BCUT2D eigenvalue weighted by Gasteiger charge is 2.33. The number of carbonyl (C=O) groups is 2. The van der Waals surface area contributed by atoms with Gasteiger partial charge in [0.2, 0.25) is 0 Å². The van der Waals surface area contributed by atoms with Crippen LogP contribution in [0.5, 0.6) is 0 Å². The van der Waals surface area contributed by atoms with E-state index in [1.807, 2.05) is 24.3 Å². The summed E-state index contributed by atoms with van der Waals surface area (Å²) >= 11 is 0. The van der Waals surface area contributed by atoms with E-state index < -0.39 is 17.4 Å². The summed E-state index contributed by atoms with van der Waals surface area (Å²) in [5, 5.41) is 18.9. The molecule has 0 bridgehead atoms. The summed E-state index contributed by atoms with van der Waals surface area (Å²) in [6.07, 6.45) is 3.02. The summed E-state index contributed by atoms with van der Waals surface area (Å²) < 4.78 is 4.56. The van der Waals surface area contributed by atoms with Crippen LogP contribution in [0.3, 0.4) is 0 Å². The summed E-state index contributed by atoms with van der Waals surface area (Å²) in [6.45, 7) is 0.0202. The smallest absolute Gasteiger partial charge is 0.314 e. The van der Waals surface area contributed by atoms with Crippen molar-refractivity contribution in [3.63, 3.8) is 0 Å². The zero-order chi connectivity index (χ0) is 16.3. The second-order valence-corrected chi connectivity index (χ2v) is 5.69. The number of anilines is 1. The molecule has 2 amide bonds. The Kier molecular flexibility index (Phi) is 4.12. The molecule has 0 saturated carbocycles. The number of amides is 2. The molecule has 0 saturated heterocycles. The summed E-state index contributed by atoms with van der Waals surface area (Å²) in [7, 11) is 0. The van der Waals surface area contributed by atoms with Crippen LogP contribution in [0, 0.1) is 0 Å². The predicted octanol–water partition coefficient (Wildman–Crippen LogP) is 0.649. The van der Waals surface area contributed by atoms with Gasteiger partial charge in [0, 0.05) is 19.0 Å². The molecule has 0 unspecified atom stereocenters. The van der Waals surface area contributed by atoms with Crippen molar-refractivity contribution in [1.82, 2.24) is 10.5 Å². The highest BCUT2D eigenvalue weighted by molar-refractivity contribution is 6.39. The molecule has 3 N–H and O–H groups in total. The van der Waals surface area contributed by atoms with E-state index >= 15 is 0 Å². The highest BCUT2D eigenvalue weighted by Crippen LogP contribution is 2.28. The predicted molar refractivity (Wildman–Crippen MR) is 81.6 cm³/mol. The zero-order valence-corrected chi connectivity index (χ0v) is 12.4. The maximum absolute atomic E-state index is 11.8. The largest absolute Gasteiger partial charge is 0.388 e. The molecule has 0 fully saturated rings. The molecular weight excluding hydrogens is 298 g/mol. The number of nitrogens with one attached hydrogen (secondary N) is 2. The Morgan fingerprint density at radius 3 is 2.74 bits per heavy atom. The van der Waals surface area contributed by atoms with E-state index in [0.29, 0.717) is 12.8 Å². The molecule has 1 aromatic carbocycles. The van der Waals surface area contributed by atoms with Gasteiger partial charge in [-0.15, -0.1) is 0 Å². The van der Waals surface area contributed by atoms with Crippen molar-refractivity contribution in [1.29, 1.82) is 0 Å². The first-order chi connectivity index (χ1) is 11.1. The summed E-state index contributed by atoms with van der Waals surface area (Å²) in [5.41, 5.74) is 1.24. The Balaban J connectivity index is 1.55. The van der Waals surface area contributed by atoms with Crippen LogP contribution in [0.4, 0.5) is 5.82 Å². The fourth-order valence-corrected chi connectivity index (χ4v) is 2.71. The monoisotopic (exact) mass is 315 g/mol. The van der Waals surface area contributed by atoms with Gasteiger partial charge < -0.3 is 14.9 Å². The molecule has 120 valence electrons. The van der Waals surface area contributed by atoms with Crippen LogP contribution in [-0.4, -0.2) is 34.2 Å². The first-order valence-corrected chi connectivity index (χ1v) is 7.34.